The number of carbonyl (C=O) groups is 1. The summed E-state index contributed by atoms with van der Waals surface area (Å²) in [7, 11) is 1.65. The van der Waals surface area contributed by atoms with Crippen LogP contribution in [0.25, 0.3) is 0 Å². The Morgan fingerprint density at radius 2 is 2.08 bits per heavy atom. The van der Waals surface area contributed by atoms with Crippen LogP contribution in [-0.4, -0.2) is 24.1 Å². The van der Waals surface area contributed by atoms with Crippen LogP contribution < -0.4 is 10.1 Å². The lowest BCUT2D eigenvalue weighted by atomic mass is 10.1. The fraction of sp³-hybridized carbons (Fsp3) is 0.421. The van der Waals surface area contributed by atoms with Crippen molar-refractivity contribution in [1.82, 2.24) is 10.2 Å². The van der Waals surface area contributed by atoms with Gasteiger partial charge >= 0.3 is 6.03 Å². The second kappa shape index (κ2) is 7.43. The number of hydrogen-bond acceptors (Lipinski definition) is 3. The molecule has 1 saturated carbocycles. The second-order valence-electron chi connectivity index (χ2n) is 6.29. The molecule has 1 fully saturated rings. The third kappa shape index (κ3) is 4.10. The van der Waals surface area contributed by atoms with E-state index in [1.807, 2.05) is 41.3 Å². The van der Waals surface area contributed by atoms with Gasteiger partial charge in [0.15, 0.2) is 0 Å². The molecule has 5 heteroatoms. The van der Waals surface area contributed by atoms with Crippen molar-refractivity contribution in [2.45, 2.75) is 38.9 Å². The number of carbonyl (C=O) groups excluding carboxylic acids is 1. The molecule has 1 heterocycles. The van der Waals surface area contributed by atoms with E-state index in [1.54, 1.807) is 13.4 Å². The smallest absolute Gasteiger partial charge is 0.318 e. The zero-order valence-corrected chi connectivity index (χ0v) is 14.2. The molecule has 0 saturated heterocycles. The van der Waals surface area contributed by atoms with Crippen LogP contribution in [0.15, 0.2) is 47.1 Å². The molecule has 5 nitrogen and oxygen atoms in total. The zero-order valence-electron chi connectivity index (χ0n) is 14.2. The highest BCUT2D eigenvalue weighted by atomic mass is 16.5. The van der Waals surface area contributed by atoms with Crippen LogP contribution in [0.5, 0.6) is 5.75 Å². The minimum absolute atomic E-state index is 0.0541. The van der Waals surface area contributed by atoms with E-state index >= 15 is 0 Å². The van der Waals surface area contributed by atoms with Crippen molar-refractivity contribution in [2.24, 2.45) is 5.92 Å². The summed E-state index contributed by atoms with van der Waals surface area (Å²) in [5.41, 5.74) is 1.09. The molecule has 0 aliphatic heterocycles. The second-order valence-corrected chi connectivity index (χ2v) is 6.29. The Morgan fingerprint density at radius 1 is 1.33 bits per heavy atom. The molecule has 2 aromatic rings. The molecule has 3 rings (SSSR count). The van der Waals surface area contributed by atoms with Crippen molar-refractivity contribution in [2.75, 3.05) is 7.11 Å². The largest absolute Gasteiger partial charge is 0.497 e. The number of benzene rings is 1. The van der Waals surface area contributed by atoms with E-state index in [1.165, 1.54) is 12.8 Å². The van der Waals surface area contributed by atoms with E-state index < -0.39 is 0 Å². The minimum atomic E-state index is -0.0541. The summed E-state index contributed by atoms with van der Waals surface area (Å²) >= 11 is 0. The molecule has 0 bridgehead atoms. The Hall–Kier alpha value is -2.43. The molecule has 0 spiro atoms. The van der Waals surface area contributed by atoms with Gasteiger partial charge in [0.1, 0.15) is 11.5 Å². The topological polar surface area (TPSA) is 54.7 Å². The predicted molar refractivity (Wildman–Crippen MR) is 91.7 cm³/mol. The summed E-state index contributed by atoms with van der Waals surface area (Å²) in [4.78, 5) is 14.6. The summed E-state index contributed by atoms with van der Waals surface area (Å²) in [6.45, 7) is 3.13. The Kier molecular flexibility index (Phi) is 5.08. The van der Waals surface area contributed by atoms with Crippen molar-refractivity contribution in [3.05, 3.63) is 54.0 Å². The normalized spacial score (nSPS) is 14.9. The summed E-state index contributed by atoms with van der Waals surface area (Å²) in [6.07, 6.45) is 4.01. The van der Waals surface area contributed by atoms with E-state index in [9.17, 15) is 4.79 Å². The number of rotatable bonds is 7. The van der Waals surface area contributed by atoms with Crippen LogP contribution >= 0.6 is 0 Å². The van der Waals surface area contributed by atoms with Gasteiger partial charge in [0.25, 0.3) is 0 Å². The van der Waals surface area contributed by atoms with Gasteiger partial charge in [0.05, 0.1) is 19.9 Å². The summed E-state index contributed by atoms with van der Waals surface area (Å²) in [5, 5.41) is 2.96. The molecule has 1 aliphatic rings. The minimum Gasteiger partial charge on any atom is -0.497 e. The van der Waals surface area contributed by atoms with Crippen LogP contribution in [0.4, 0.5) is 4.79 Å². The van der Waals surface area contributed by atoms with E-state index in [4.69, 9.17) is 9.15 Å². The third-order valence-electron chi connectivity index (χ3n) is 4.56. The van der Waals surface area contributed by atoms with Crippen molar-refractivity contribution in [3.8, 4) is 5.75 Å². The fourth-order valence-corrected chi connectivity index (χ4v) is 2.84. The molecular formula is C19H24N2O3. The van der Waals surface area contributed by atoms with E-state index in [0.717, 1.165) is 17.1 Å². The maximum absolute atomic E-state index is 12.7. The number of amides is 2. The van der Waals surface area contributed by atoms with E-state index in [-0.39, 0.29) is 12.1 Å². The molecule has 1 aromatic carbocycles. The summed E-state index contributed by atoms with van der Waals surface area (Å²) in [5.74, 6) is 2.19. The van der Waals surface area contributed by atoms with Crippen LogP contribution in [-0.2, 0) is 13.1 Å². The number of nitrogens with one attached hydrogen (secondary N) is 1. The first-order chi connectivity index (χ1) is 11.7. The quantitative estimate of drug-likeness (QED) is 0.841. The molecule has 1 N–H and O–H groups in total. The lowest BCUT2D eigenvalue weighted by Gasteiger charge is -2.29. The maximum atomic E-state index is 12.7. The molecule has 24 heavy (non-hydrogen) atoms. The van der Waals surface area contributed by atoms with Crippen LogP contribution in [0.3, 0.4) is 0 Å². The number of furan rings is 1. The van der Waals surface area contributed by atoms with E-state index in [0.29, 0.717) is 19.0 Å². The first-order valence-corrected chi connectivity index (χ1v) is 8.37. The van der Waals surface area contributed by atoms with Crippen molar-refractivity contribution in [1.29, 1.82) is 0 Å². The third-order valence-corrected chi connectivity index (χ3v) is 4.56. The van der Waals surface area contributed by atoms with Gasteiger partial charge in [0.2, 0.25) is 0 Å². The molecule has 1 aromatic heterocycles. The Balaban J connectivity index is 1.66. The lowest BCUT2D eigenvalue weighted by molar-refractivity contribution is 0.166. The van der Waals surface area contributed by atoms with Gasteiger partial charge in [-0.3, -0.25) is 0 Å². The fourth-order valence-electron chi connectivity index (χ4n) is 2.84. The van der Waals surface area contributed by atoms with Gasteiger partial charge in [-0.25, -0.2) is 4.79 Å². The number of hydrogen-bond donors (Lipinski definition) is 1. The lowest BCUT2D eigenvalue weighted by Crippen LogP contribution is -2.45. The van der Waals surface area contributed by atoms with Crippen LogP contribution in [0.2, 0.25) is 0 Å². The summed E-state index contributed by atoms with van der Waals surface area (Å²) < 4.78 is 10.5. The van der Waals surface area contributed by atoms with Gasteiger partial charge in [0, 0.05) is 12.6 Å². The summed E-state index contributed by atoms with van der Waals surface area (Å²) in [6, 6.07) is 11.7. The molecule has 1 aliphatic carbocycles. The number of nitrogens with zero attached hydrogens (tertiary/aromatic N) is 1. The highest BCUT2D eigenvalue weighted by Crippen LogP contribution is 2.35. The SMILES string of the molecule is COc1ccc(CN(C(=O)NCc2ccco2)C(C)C2CC2)cc1. The van der Waals surface area contributed by atoms with Gasteiger partial charge in [-0.2, -0.15) is 0 Å². The standard InChI is InChI=1S/C19H24N2O3/c1-14(16-7-8-16)21(13-15-5-9-17(23-2)10-6-15)19(22)20-12-18-4-3-11-24-18/h3-6,9-11,14,16H,7-8,12-13H2,1-2H3,(H,20,22). The molecule has 1 atom stereocenters. The average Bonchev–Trinajstić information content (AvgIpc) is 3.33. The molecule has 1 unspecified atom stereocenters. The average molecular weight is 328 g/mol. The van der Waals surface area contributed by atoms with Gasteiger partial charge in [-0.15, -0.1) is 0 Å². The highest BCUT2D eigenvalue weighted by Gasteiger charge is 2.34. The van der Waals surface area contributed by atoms with Crippen LogP contribution in [0.1, 0.15) is 31.1 Å². The molecule has 0 radical (unpaired) electrons. The van der Waals surface area contributed by atoms with E-state index in [2.05, 4.69) is 12.2 Å². The van der Waals surface area contributed by atoms with Crippen LogP contribution in [0, 0.1) is 5.92 Å². The van der Waals surface area contributed by atoms with Gasteiger partial charge in [-0.05, 0) is 55.5 Å². The molecule has 2 amide bonds. The van der Waals surface area contributed by atoms with Crippen molar-refractivity contribution < 1.29 is 13.9 Å². The zero-order chi connectivity index (χ0) is 16.9. The maximum Gasteiger partial charge on any atom is 0.318 e. The molecular weight excluding hydrogens is 304 g/mol. The Morgan fingerprint density at radius 3 is 2.67 bits per heavy atom. The van der Waals surface area contributed by atoms with Gasteiger partial charge in [-0.1, -0.05) is 12.1 Å². The Bertz CT molecular complexity index is 648. The van der Waals surface area contributed by atoms with Gasteiger partial charge < -0.3 is 19.4 Å². The number of ether oxygens (including phenoxy) is 1. The first kappa shape index (κ1) is 16.4. The van der Waals surface area contributed by atoms with Crippen molar-refractivity contribution >= 4 is 6.03 Å². The monoisotopic (exact) mass is 328 g/mol. The highest BCUT2D eigenvalue weighted by molar-refractivity contribution is 5.74. The predicted octanol–water partition coefficient (Wildman–Crippen LogP) is 3.80. The first-order valence-electron chi connectivity index (χ1n) is 8.37. The Labute approximate surface area is 142 Å². The number of methoxy groups -OCH3 is 1. The number of urea groups is 1. The molecule has 128 valence electrons. The van der Waals surface area contributed by atoms with Crippen molar-refractivity contribution in [3.63, 3.8) is 0 Å².